The average Bonchev–Trinajstić information content (AvgIpc) is 2.56. The van der Waals surface area contributed by atoms with Gasteiger partial charge < -0.3 is 5.32 Å². The first-order valence-corrected chi connectivity index (χ1v) is 8.66. The lowest BCUT2D eigenvalue weighted by molar-refractivity contribution is -0.126. The molecule has 2 unspecified atom stereocenters. The van der Waals surface area contributed by atoms with Gasteiger partial charge in [-0.05, 0) is 56.3 Å². The van der Waals surface area contributed by atoms with Gasteiger partial charge in [0.05, 0.1) is 12.1 Å². The Bertz CT molecular complexity index is 673. The molecule has 2 rings (SSSR count). The second-order valence-corrected chi connectivity index (χ2v) is 6.92. The molecule has 0 bridgehead atoms. The van der Waals surface area contributed by atoms with Gasteiger partial charge in [-0.2, -0.15) is 0 Å². The summed E-state index contributed by atoms with van der Waals surface area (Å²) < 4.78 is 14.0. The third-order valence-corrected chi connectivity index (χ3v) is 4.64. The molecule has 24 heavy (non-hydrogen) atoms. The summed E-state index contributed by atoms with van der Waals surface area (Å²) in [6.07, 6.45) is 0. The predicted octanol–water partition coefficient (Wildman–Crippen LogP) is 4.29. The number of carbonyl (C=O) groups excluding carboxylic acids is 1. The fraction of sp³-hybridized carbons (Fsp3) is 0.316. The maximum atomic E-state index is 13.0. The third-order valence-electron chi connectivity index (χ3n) is 4.11. The topological polar surface area (TPSA) is 32.3 Å². The first-order valence-electron chi connectivity index (χ1n) is 7.87. The van der Waals surface area contributed by atoms with E-state index < -0.39 is 0 Å². The van der Waals surface area contributed by atoms with Crippen LogP contribution in [0.4, 0.5) is 4.39 Å². The average molecular weight is 393 g/mol. The van der Waals surface area contributed by atoms with Crippen molar-refractivity contribution in [1.82, 2.24) is 10.2 Å². The van der Waals surface area contributed by atoms with E-state index in [-0.39, 0.29) is 23.8 Å². The summed E-state index contributed by atoms with van der Waals surface area (Å²) in [4.78, 5) is 14.4. The van der Waals surface area contributed by atoms with Gasteiger partial charge in [-0.3, -0.25) is 9.69 Å². The van der Waals surface area contributed by atoms with Crippen LogP contribution in [-0.4, -0.2) is 23.9 Å². The van der Waals surface area contributed by atoms with E-state index in [1.165, 1.54) is 12.1 Å². The molecule has 0 heterocycles. The minimum Gasteiger partial charge on any atom is -0.348 e. The van der Waals surface area contributed by atoms with E-state index in [4.69, 9.17) is 0 Å². The molecule has 1 amide bonds. The third kappa shape index (κ3) is 5.14. The van der Waals surface area contributed by atoms with E-state index in [0.717, 1.165) is 15.6 Å². The molecular weight excluding hydrogens is 371 g/mol. The molecule has 0 saturated heterocycles. The highest BCUT2D eigenvalue weighted by molar-refractivity contribution is 9.10. The van der Waals surface area contributed by atoms with Crippen molar-refractivity contribution in [2.45, 2.75) is 32.5 Å². The summed E-state index contributed by atoms with van der Waals surface area (Å²) in [6.45, 7) is 4.46. The maximum Gasteiger partial charge on any atom is 0.237 e. The van der Waals surface area contributed by atoms with E-state index in [2.05, 4.69) is 21.2 Å². The summed E-state index contributed by atoms with van der Waals surface area (Å²) >= 11 is 3.42. The molecule has 5 heteroatoms. The van der Waals surface area contributed by atoms with Crippen LogP contribution in [0.25, 0.3) is 0 Å². The van der Waals surface area contributed by atoms with Crippen molar-refractivity contribution in [2.75, 3.05) is 7.05 Å². The standard InChI is InChI=1S/C19H22BrFN2O/c1-13(16-6-10-18(21)11-7-16)22-19(24)14(2)23(3)12-15-4-8-17(20)9-5-15/h4-11,13-14H,12H2,1-3H3,(H,22,24). The van der Waals surface area contributed by atoms with Crippen molar-refractivity contribution in [3.05, 3.63) is 69.9 Å². The Kier molecular flexibility index (Phi) is 6.52. The number of rotatable bonds is 6. The SMILES string of the molecule is CC(NC(=O)C(C)N(C)Cc1ccc(Br)cc1)c1ccc(F)cc1. The highest BCUT2D eigenvalue weighted by atomic mass is 79.9. The van der Waals surface area contributed by atoms with Crippen LogP contribution < -0.4 is 5.32 Å². The van der Waals surface area contributed by atoms with Crippen LogP contribution in [0.15, 0.2) is 53.0 Å². The Morgan fingerprint density at radius 3 is 2.29 bits per heavy atom. The summed E-state index contributed by atoms with van der Waals surface area (Å²) in [6, 6.07) is 13.8. The number of carbonyl (C=O) groups is 1. The molecule has 0 spiro atoms. The van der Waals surface area contributed by atoms with Gasteiger partial charge in [0.2, 0.25) is 5.91 Å². The molecule has 0 aliphatic rings. The number of halogens is 2. The summed E-state index contributed by atoms with van der Waals surface area (Å²) in [5, 5.41) is 2.98. The van der Waals surface area contributed by atoms with Crippen molar-refractivity contribution in [1.29, 1.82) is 0 Å². The van der Waals surface area contributed by atoms with Gasteiger partial charge in [-0.1, -0.05) is 40.2 Å². The molecule has 0 saturated carbocycles. The normalized spacial score (nSPS) is 13.6. The Balaban J connectivity index is 1.92. The van der Waals surface area contributed by atoms with E-state index in [9.17, 15) is 9.18 Å². The van der Waals surface area contributed by atoms with Crippen LogP contribution in [0.3, 0.4) is 0 Å². The maximum absolute atomic E-state index is 13.0. The number of nitrogens with one attached hydrogen (secondary N) is 1. The van der Waals surface area contributed by atoms with E-state index >= 15 is 0 Å². The van der Waals surface area contributed by atoms with Crippen LogP contribution in [0.1, 0.15) is 31.0 Å². The molecule has 0 radical (unpaired) electrons. The van der Waals surface area contributed by atoms with Crippen LogP contribution in [-0.2, 0) is 11.3 Å². The Hall–Kier alpha value is -1.72. The molecule has 1 N–H and O–H groups in total. The fourth-order valence-electron chi connectivity index (χ4n) is 2.38. The van der Waals surface area contributed by atoms with Gasteiger partial charge in [0.15, 0.2) is 0 Å². The number of likely N-dealkylation sites (N-methyl/N-ethyl adjacent to an activating group) is 1. The molecule has 2 atom stereocenters. The lowest BCUT2D eigenvalue weighted by atomic mass is 10.1. The number of hydrogen-bond donors (Lipinski definition) is 1. The zero-order valence-electron chi connectivity index (χ0n) is 14.1. The molecule has 3 nitrogen and oxygen atoms in total. The van der Waals surface area contributed by atoms with Crippen LogP contribution in [0.2, 0.25) is 0 Å². The fourth-order valence-corrected chi connectivity index (χ4v) is 2.65. The molecular formula is C19H22BrFN2O. The molecule has 0 aromatic heterocycles. The van der Waals surface area contributed by atoms with Crippen molar-refractivity contribution < 1.29 is 9.18 Å². The lowest BCUT2D eigenvalue weighted by Gasteiger charge is -2.25. The zero-order chi connectivity index (χ0) is 17.7. The predicted molar refractivity (Wildman–Crippen MR) is 98.0 cm³/mol. The first-order chi connectivity index (χ1) is 11.4. The van der Waals surface area contributed by atoms with Crippen molar-refractivity contribution in [3.8, 4) is 0 Å². The van der Waals surface area contributed by atoms with Gasteiger partial charge in [0, 0.05) is 11.0 Å². The quantitative estimate of drug-likeness (QED) is 0.795. The Labute approximate surface area is 151 Å². The van der Waals surface area contributed by atoms with Gasteiger partial charge in [-0.25, -0.2) is 4.39 Å². The van der Waals surface area contributed by atoms with Crippen LogP contribution >= 0.6 is 15.9 Å². The molecule has 2 aromatic carbocycles. The summed E-state index contributed by atoms with van der Waals surface area (Å²) in [7, 11) is 1.93. The van der Waals surface area contributed by atoms with Crippen molar-refractivity contribution in [3.63, 3.8) is 0 Å². The molecule has 2 aromatic rings. The second-order valence-electron chi connectivity index (χ2n) is 6.00. The van der Waals surface area contributed by atoms with Gasteiger partial charge in [0.25, 0.3) is 0 Å². The summed E-state index contributed by atoms with van der Waals surface area (Å²) in [5.74, 6) is -0.327. The number of amides is 1. The largest absolute Gasteiger partial charge is 0.348 e. The van der Waals surface area contributed by atoms with E-state index in [0.29, 0.717) is 6.54 Å². The lowest BCUT2D eigenvalue weighted by Crippen LogP contribution is -2.43. The first kappa shape index (κ1) is 18.6. The van der Waals surface area contributed by atoms with Crippen molar-refractivity contribution >= 4 is 21.8 Å². The molecule has 0 fully saturated rings. The molecule has 128 valence electrons. The van der Waals surface area contributed by atoms with E-state index in [1.54, 1.807) is 12.1 Å². The molecule has 0 aliphatic heterocycles. The van der Waals surface area contributed by atoms with Crippen LogP contribution in [0.5, 0.6) is 0 Å². The minimum absolute atomic E-state index is 0.0496. The summed E-state index contributed by atoms with van der Waals surface area (Å²) in [5.41, 5.74) is 2.03. The Morgan fingerprint density at radius 1 is 1.12 bits per heavy atom. The second kappa shape index (κ2) is 8.40. The highest BCUT2D eigenvalue weighted by Gasteiger charge is 2.20. The van der Waals surface area contributed by atoms with Gasteiger partial charge >= 0.3 is 0 Å². The van der Waals surface area contributed by atoms with Crippen LogP contribution in [0, 0.1) is 5.82 Å². The number of nitrogens with zero attached hydrogens (tertiary/aromatic N) is 1. The Morgan fingerprint density at radius 2 is 1.71 bits per heavy atom. The monoisotopic (exact) mass is 392 g/mol. The number of hydrogen-bond acceptors (Lipinski definition) is 2. The van der Waals surface area contributed by atoms with E-state index in [1.807, 2.05) is 50.1 Å². The smallest absolute Gasteiger partial charge is 0.237 e. The number of benzene rings is 2. The molecule has 0 aliphatic carbocycles. The minimum atomic E-state index is -0.278. The van der Waals surface area contributed by atoms with Crippen molar-refractivity contribution in [2.24, 2.45) is 0 Å². The van der Waals surface area contributed by atoms with Gasteiger partial charge in [0.1, 0.15) is 5.82 Å². The van der Waals surface area contributed by atoms with Gasteiger partial charge in [-0.15, -0.1) is 0 Å². The highest BCUT2D eigenvalue weighted by Crippen LogP contribution is 2.15. The zero-order valence-corrected chi connectivity index (χ0v) is 15.7.